The second-order valence-electron chi connectivity index (χ2n) is 6.73. The molecule has 2 unspecified atom stereocenters. The van der Waals surface area contributed by atoms with Crippen LogP contribution >= 0.6 is 0 Å². The standard InChI is InChI=1S/C17H33N5O/c1-4-6-13-11-15(13)21-17(19-5-2)20-14-7-9-22(10-8-14)12-16(23)18-3/h13-15H,4-12H2,1-3H3,(H,18,23)(H2,19,20,21). The molecule has 1 aliphatic heterocycles. The van der Waals surface area contributed by atoms with Crippen LogP contribution < -0.4 is 16.0 Å². The maximum Gasteiger partial charge on any atom is 0.233 e. The molecule has 1 saturated heterocycles. The monoisotopic (exact) mass is 323 g/mol. The number of nitrogens with zero attached hydrogens (tertiary/aromatic N) is 2. The number of likely N-dealkylation sites (tertiary alicyclic amines) is 1. The predicted octanol–water partition coefficient (Wildman–Crippen LogP) is 0.941. The maximum atomic E-state index is 11.4. The van der Waals surface area contributed by atoms with Crippen LogP contribution in [0.1, 0.15) is 46.0 Å². The molecule has 6 nitrogen and oxygen atoms in total. The van der Waals surface area contributed by atoms with Gasteiger partial charge >= 0.3 is 0 Å². The van der Waals surface area contributed by atoms with Crippen LogP contribution in [0.25, 0.3) is 0 Å². The van der Waals surface area contributed by atoms with Gasteiger partial charge in [0.2, 0.25) is 5.91 Å². The highest BCUT2D eigenvalue weighted by Gasteiger charge is 2.36. The molecule has 2 atom stereocenters. The Morgan fingerprint density at radius 1 is 1.22 bits per heavy atom. The highest BCUT2D eigenvalue weighted by Crippen LogP contribution is 2.34. The van der Waals surface area contributed by atoms with Crippen LogP contribution in [0.2, 0.25) is 0 Å². The lowest BCUT2D eigenvalue weighted by molar-refractivity contribution is -0.122. The third-order valence-electron chi connectivity index (χ3n) is 4.79. The normalized spacial score (nSPS) is 26.0. The molecule has 1 heterocycles. The van der Waals surface area contributed by atoms with Gasteiger partial charge in [-0.25, -0.2) is 0 Å². The molecule has 1 saturated carbocycles. The molecule has 0 radical (unpaired) electrons. The van der Waals surface area contributed by atoms with Crippen molar-refractivity contribution in [3.63, 3.8) is 0 Å². The van der Waals surface area contributed by atoms with E-state index in [-0.39, 0.29) is 5.91 Å². The van der Waals surface area contributed by atoms with E-state index in [4.69, 9.17) is 0 Å². The molecule has 2 aliphatic rings. The largest absolute Gasteiger partial charge is 0.358 e. The molecule has 2 rings (SSSR count). The molecule has 6 heteroatoms. The average Bonchev–Trinajstić information content (AvgIpc) is 3.27. The van der Waals surface area contributed by atoms with Crippen molar-refractivity contribution in [1.29, 1.82) is 0 Å². The molecule has 0 spiro atoms. The number of hydrogen-bond donors (Lipinski definition) is 3. The van der Waals surface area contributed by atoms with Crippen molar-refractivity contribution in [2.45, 2.75) is 58.0 Å². The zero-order chi connectivity index (χ0) is 16.7. The summed E-state index contributed by atoms with van der Waals surface area (Å²) >= 11 is 0. The van der Waals surface area contributed by atoms with Crippen molar-refractivity contribution in [3.05, 3.63) is 0 Å². The zero-order valence-corrected chi connectivity index (χ0v) is 14.9. The van der Waals surface area contributed by atoms with E-state index in [0.717, 1.165) is 44.4 Å². The highest BCUT2D eigenvalue weighted by molar-refractivity contribution is 5.81. The van der Waals surface area contributed by atoms with E-state index < -0.39 is 0 Å². The number of guanidine groups is 1. The van der Waals surface area contributed by atoms with Crippen LogP contribution in [-0.4, -0.2) is 62.1 Å². The number of amides is 1. The summed E-state index contributed by atoms with van der Waals surface area (Å²) in [5.74, 6) is 1.90. The number of hydrogen-bond acceptors (Lipinski definition) is 3. The SMILES string of the molecule is CCCC1CC1NC(=NCC)NC1CCN(CC(=O)NC)CC1. The summed E-state index contributed by atoms with van der Waals surface area (Å²) < 4.78 is 0. The molecule has 1 aliphatic carbocycles. The predicted molar refractivity (Wildman–Crippen MR) is 94.6 cm³/mol. The van der Waals surface area contributed by atoms with Crippen LogP contribution in [0.3, 0.4) is 0 Å². The second kappa shape index (κ2) is 9.11. The Kier molecular flexibility index (Phi) is 7.15. The van der Waals surface area contributed by atoms with E-state index in [0.29, 0.717) is 18.6 Å². The van der Waals surface area contributed by atoms with Gasteiger partial charge in [0, 0.05) is 38.8 Å². The van der Waals surface area contributed by atoms with Gasteiger partial charge in [-0.1, -0.05) is 13.3 Å². The Labute approximate surface area is 140 Å². The van der Waals surface area contributed by atoms with Crippen LogP contribution in [-0.2, 0) is 4.79 Å². The molecule has 0 aromatic rings. The van der Waals surface area contributed by atoms with Crippen molar-refractivity contribution in [1.82, 2.24) is 20.9 Å². The Hall–Kier alpha value is -1.30. The van der Waals surface area contributed by atoms with E-state index in [2.05, 4.69) is 39.7 Å². The molecular weight excluding hydrogens is 290 g/mol. The minimum Gasteiger partial charge on any atom is -0.358 e. The molecule has 0 aromatic carbocycles. The number of piperidine rings is 1. The van der Waals surface area contributed by atoms with Crippen molar-refractivity contribution >= 4 is 11.9 Å². The summed E-state index contributed by atoms with van der Waals surface area (Å²) in [5, 5.41) is 9.87. The van der Waals surface area contributed by atoms with Gasteiger partial charge in [0.05, 0.1) is 6.54 Å². The minimum absolute atomic E-state index is 0.0991. The topological polar surface area (TPSA) is 68.8 Å². The van der Waals surface area contributed by atoms with E-state index >= 15 is 0 Å². The van der Waals surface area contributed by atoms with Crippen LogP contribution in [0.4, 0.5) is 0 Å². The molecular formula is C17H33N5O. The summed E-state index contributed by atoms with van der Waals surface area (Å²) in [5.41, 5.74) is 0. The van der Waals surface area contributed by atoms with Crippen LogP contribution in [0, 0.1) is 5.92 Å². The van der Waals surface area contributed by atoms with Gasteiger partial charge < -0.3 is 16.0 Å². The summed E-state index contributed by atoms with van der Waals surface area (Å²) in [7, 11) is 1.69. The first-order valence-electron chi connectivity index (χ1n) is 9.16. The van der Waals surface area contributed by atoms with E-state index in [1.54, 1.807) is 7.05 Å². The Morgan fingerprint density at radius 3 is 2.57 bits per heavy atom. The number of likely N-dealkylation sites (N-methyl/N-ethyl adjacent to an activating group) is 1. The molecule has 3 N–H and O–H groups in total. The Balaban J connectivity index is 1.72. The van der Waals surface area contributed by atoms with Gasteiger partial charge in [-0.05, 0) is 38.5 Å². The molecule has 1 amide bonds. The smallest absolute Gasteiger partial charge is 0.233 e. The zero-order valence-electron chi connectivity index (χ0n) is 14.9. The van der Waals surface area contributed by atoms with Crippen molar-refractivity contribution < 1.29 is 4.79 Å². The van der Waals surface area contributed by atoms with Crippen LogP contribution in [0.5, 0.6) is 0 Å². The van der Waals surface area contributed by atoms with Crippen molar-refractivity contribution in [3.8, 4) is 0 Å². The summed E-state index contributed by atoms with van der Waals surface area (Å²) in [6, 6.07) is 1.07. The summed E-state index contributed by atoms with van der Waals surface area (Å²) in [6.45, 7) is 7.57. The quantitative estimate of drug-likeness (QED) is 0.482. The number of carbonyl (C=O) groups is 1. The van der Waals surface area contributed by atoms with E-state index in [1.807, 2.05) is 0 Å². The lowest BCUT2D eigenvalue weighted by Crippen LogP contribution is -2.50. The van der Waals surface area contributed by atoms with Gasteiger partial charge in [0.1, 0.15) is 0 Å². The van der Waals surface area contributed by atoms with Gasteiger partial charge in [0.25, 0.3) is 0 Å². The minimum atomic E-state index is 0.0991. The fourth-order valence-electron chi connectivity index (χ4n) is 3.29. The molecule has 0 bridgehead atoms. The van der Waals surface area contributed by atoms with Crippen LogP contribution in [0.15, 0.2) is 4.99 Å². The number of aliphatic imine (C=N–C) groups is 1. The maximum absolute atomic E-state index is 11.4. The number of nitrogens with one attached hydrogen (secondary N) is 3. The lowest BCUT2D eigenvalue weighted by Gasteiger charge is -2.32. The van der Waals surface area contributed by atoms with Gasteiger partial charge in [-0.2, -0.15) is 0 Å². The summed E-state index contributed by atoms with van der Waals surface area (Å²) in [4.78, 5) is 18.3. The van der Waals surface area contributed by atoms with Crippen molar-refractivity contribution in [2.24, 2.45) is 10.9 Å². The average molecular weight is 323 g/mol. The van der Waals surface area contributed by atoms with Gasteiger partial charge in [-0.15, -0.1) is 0 Å². The first kappa shape index (κ1) is 18.0. The molecule has 2 fully saturated rings. The first-order valence-corrected chi connectivity index (χ1v) is 9.16. The van der Waals surface area contributed by atoms with Gasteiger partial charge in [-0.3, -0.25) is 14.7 Å². The summed E-state index contributed by atoms with van der Waals surface area (Å²) in [6.07, 6.45) is 5.98. The first-order chi connectivity index (χ1) is 11.2. The third-order valence-corrected chi connectivity index (χ3v) is 4.79. The van der Waals surface area contributed by atoms with E-state index in [1.165, 1.54) is 19.3 Å². The lowest BCUT2D eigenvalue weighted by atomic mass is 10.1. The number of rotatable bonds is 7. The molecule has 0 aromatic heterocycles. The Bertz CT molecular complexity index is 404. The Morgan fingerprint density at radius 2 is 1.96 bits per heavy atom. The number of carbonyl (C=O) groups excluding carboxylic acids is 1. The molecule has 23 heavy (non-hydrogen) atoms. The van der Waals surface area contributed by atoms with E-state index in [9.17, 15) is 4.79 Å². The van der Waals surface area contributed by atoms with Crippen molar-refractivity contribution in [2.75, 3.05) is 33.2 Å². The van der Waals surface area contributed by atoms with Gasteiger partial charge in [0.15, 0.2) is 5.96 Å². The third kappa shape index (κ3) is 6.01. The molecule has 132 valence electrons. The highest BCUT2D eigenvalue weighted by atomic mass is 16.1. The second-order valence-corrected chi connectivity index (χ2v) is 6.73. The fraction of sp³-hybridized carbons (Fsp3) is 0.882. The fourth-order valence-corrected chi connectivity index (χ4v) is 3.29.